The van der Waals surface area contributed by atoms with Crippen molar-refractivity contribution in [3.8, 4) is 11.8 Å². The Morgan fingerprint density at radius 2 is 2.54 bits per heavy atom. The fraction of sp³-hybridized carbons (Fsp3) is 0.200. The van der Waals surface area contributed by atoms with Gasteiger partial charge in [0.25, 0.3) is 0 Å². The van der Waals surface area contributed by atoms with Gasteiger partial charge in [-0.25, -0.2) is 4.98 Å². The maximum atomic E-state index is 8.66. The zero-order valence-electron chi connectivity index (χ0n) is 7.23. The summed E-state index contributed by atoms with van der Waals surface area (Å²) < 4.78 is 5.31. The van der Waals surface area contributed by atoms with Crippen LogP contribution < -0.4 is 4.74 Å². The van der Waals surface area contributed by atoms with Crippen LogP contribution in [0.5, 0.6) is 5.75 Å². The monoisotopic (exact) mass is 174 g/mol. The molecule has 3 nitrogen and oxygen atoms in total. The number of nitriles is 1. The van der Waals surface area contributed by atoms with E-state index in [9.17, 15) is 0 Å². The second-order valence-corrected chi connectivity index (χ2v) is 2.39. The number of hydrogen-bond donors (Lipinski definition) is 0. The summed E-state index contributed by atoms with van der Waals surface area (Å²) in [6.07, 6.45) is 4.10. The van der Waals surface area contributed by atoms with Crippen molar-refractivity contribution in [3.05, 3.63) is 36.7 Å². The molecule has 0 aromatic carbocycles. The van der Waals surface area contributed by atoms with Gasteiger partial charge < -0.3 is 4.74 Å². The van der Waals surface area contributed by atoms with Gasteiger partial charge in [0.1, 0.15) is 6.07 Å². The molecule has 13 heavy (non-hydrogen) atoms. The molecule has 1 aromatic rings. The van der Waals surface area contributed by atoms with Crippen LogP contribution in [-0.2, 0) is 0 Å². The Labute approximate surface area is 77.3 Å². The molecule has 0 atom stereocenters. The summed E-state index contributed by atoms with van der Waals surface area (Å²) in [6.45, 7) is 4.11. The van der Waals surface area contributed by atoms with Crippen molar-refractivity contribution in [2.75, 3.05) is 6.61 Å². The van der Waals surface area contributed by atoms with Crippen LogP contribution in [0.4, 0.5) is 0 Å². The first-order chi connectivity index (χ1) is 6.38. The summed E-state index contributed by atoms with van der Waals surface area (Å²) >= 11 is 0. The number of rotatable bonds is 4. The molecule has 0 amide bonds. The summed E-state index contributed by atoms with van der Waals surface area (Å²) in [5.41, 5.74) is 0.326. The van der Waals surface area contributed by atoms with Gasteiger partial charge in [0, 0.05) is 6.20 Å². The van der Waals surface area contributed by atoms with E-state index in [0.29, 0.717) is 18.1 Å². The fourth-order valence-electron chi connectivity index (χ4n) is 0.843. The second-order valence-electron chi connectivity index (χ2n) is 2.39. The van der Waals surface area contributed by atoms with E-state index in [4.69, 9.17) is 10.00 Å². The Morgan fingerprint density at radius 1 is 1.69 bits per heavy atom. The smallest absolute Gasteiger partial charge is 0.182 e. The average Bonchev–Trinajstić information content (AvgIpc) is 2.19. The molecule has 0 radical (unpaired) electrons. The standard InChI is InChI=1S/C10H10N2O/c1-2-3-7-13-10-5-4-6-12-9(10)8-11/h2,4-6H,1,3,7H2. The second kappa shape index (κ2) is 4.94. The third kappa shape index (κ3) is 2.60. The van der Waals surface area contributed by atoms with Crippen molar-refractivity contribution >= 4 is 0 Å². The number of nitrogens with zero attached hydrogens (tertiary/aromatic N) is 2. The largest absolute Gasteiger partial charge is 0.490 e. The van der Waals surface area contributed by atoms with Crippen LogP contribution in [0.1, 0.15) is 12.1 Å². The van der Waals surface area contributed by atoms with Crippen molar-refractivity contribution in [1.82, 2.24) is 4.98 Å². The number of hydrogen-bond acceptors (Lipinski definition) is 3. The molecule has 0 aliphatic carbocycles. The van der Waals surface area contributed by atoms with Crippen LogP contribution >= 0.6 is 0 Å². The summed E-state index contributed by atoms with van der Waals surface area (Å²) in [5, 5.41) is 8.66. The van der Waals surface area contributed by atoms with E-state index in [1.165, 1.54) is 0 Å². The molecule has 3 heteroatoms. The molecule has 0 unspecified atom stereocenters. The van der Waals surface area contributed by atoms with Crippen LogP contribution in [0.25, 0.3) is 0 Å². The Balaban J connectivity index is 2.65. The average molecular weight is 174 g/mol. The highest BCUT2D eigenvalue weighted by atomic mass is 16.5. The van der Waals surface area contributed by atoms with E-state index in [2.05, 4.69) is 11.6 Å². The lowest BCUT2D eigenvalue weighted by Gasteiger charge is -2.04. The van der Waals surface area contributed by atoms with Gasteiger partial charge in [-0.3, -0.25) is 0 Å². The Morgan fingerprint density at radius 3 is 3.23 bits per heavy atom. The molecule has 0 saturated carbocycles. The van der Waals surface area contributed by atoms with Gasteiger partial charge in [-0.15, -0.1) is 6.58 Å². The van der Waals surface area contributed by atoms with E-state index < -0.39 is 0 Å². The first kappa shape index (κ1) is 9.27. The molecular weight excluding hydrogens is 164 g/mol. The van der Waals surface area contributed by atoms with E-state index in [1.807, 2.05) is 6.07 Å². The molecule has 66 valence electrons. The molecule has 1 aromatic heterocycles. The van der Waals surface area contributed by atoms with Crippen LogP contribution in [-0.4, -0.2) is 11.6 Å². The van der Waals surface area contributed by atoms with Gasteiger partial charge in [0.05, 0.1) is 6.61 Å². The van der Waals surface area contributed by atoms with E-state index in [0.717, 1.165) is 6.42 Å². The Hall–Kier alpha value is -1.82. The minimum Gasteiger partial charge on any atom is -0.490 e. The molecule has 0 aliphatic heterocycles. The molecule has 0 spiro atoms. The molecule has 0 N–H and O–H groups in total. The summed E-state index contributed by atoms with van der Waals surface area (Å²) in [6, 6.07) is 5.43. The van der Waals surface area contributed by atoms with Crippen molar-refractivity contribution < 1.29 is 4.74 Å². The first-order valence-corrected chi connectivity index (χ1v) is 3.97. The van der Waals surface area contributed by atoms with Gasteiger partial charge in [0.2, 0.25) is 0 Å². The molecule has 0 aliphatic rings. The predicted octanol–water partition coefficient (Wildman–Crippen LogP) is 1.91. The summed E-state index contributed by atoms with van der Waals surface area (Å²) in [5.74, 6) is 0.534. The van der Waals surface area contributed by atoms with Crippen molar-refractivity contribution in [2.45, 2.75) is 6.42 Å². The molecule has 0 saturated heterocycles. The maximum Gasteiger partial charge on any atom is 0.182 e. The fourth-order valence-corrected chi connectivity index (χ4v) is 0.843. The van der Waals surface area contributed by atoms with Gasteiger partial charge in [-0.2, -0.15) is 5.26 Å². The summed E-state index contributed by atoms with van der Waals surface area (Å²) in [7, 11) is 0. The highest BCUT2D eigenvalue weighted by molar-refractivity contribution is 5.36. The zero-order chi connectivity index (χ0) is 9.52. The molecule has 1 rings (SSSR count). The SMILES string of the molecule is C=CCCOc1cccnc1C#N. The lowest BCUT2D eigenvalue weighted by Crippen LogP contribution is -1.98. The quantitative estimate of drug-likeness (QED) is 0.517. The minimum atomic E-state index is 0.326. The summed E-state index contributed by atoms with van der Waals surface area (Å²) in [4.78, 5) is 3.86. The van der Waals surface area contributed by atoms with Gasteiger partial charge >= 0.3 is 0 Å². The molecule has 0 bridgehead atoms. The third-order valence-corrected chi connectivity index (χ3v) is 1.46. The normalized spacial score (nSPS) is 8.85. The highest BCUT2D eigenvalue weighted by Crippen LogP contribution is 2.13. The predicted molar refractivity (Wildman–Crippen MR) is 49.3 cm³/mol. The topological polar surface area (TPSA) is 45.9 Å². The lowest BCUT2D eigenvalue weighted by atomic mass is 10.3. The van der Waals surface area contributed by atoms with Crippen molar-refractivity contribution in [1.29, 1.82) is 5.26 Å². The third-order valence-electron chi connectivity index (χ3n) is 1.46. The zero-order valence-corrected chi connectivity index (χ0v) is 7.23. The van der Waals surface area contributed by atoms with Crippen LogP contribution in [0.15, 0.2) is 31.0 Å². The van der Waals surface area contributed by atoms with Crippen molar-refractivity contribution in [3.63, 3.8) is 0 Å². The number of pyridine rings is 1. The Bertz CT molecular complexity index is 328. The van der Waals surface area contributed by atoms with E-state index in [-0.39, 0.29) is 0 Å². The maximum absolute atomic E-state index is 8.66. The van der Waals surface area contributed by atoms with Gasteiger partial charge in [-0.05, 0) is 18.6 Å². The first-order valence-electron chi connectivity index (χ1n) is 3.97. The molecule has 1 heterocycles. The van der Waals surface area contributed by atoms with E-state index in [1.54, 1.807) is 24.4 Å². The minimum absolute atomic E-state index is 0.326. The molecular formula is C10H10N2O. The lowest BCUT2D eigenvalue weighted by molar-refractivity contribution is 0.322. The highest BCUT2D eigenvalue weighted by Gasteiger charge is 2.01. The van der Waals surface area contributed by atoms with Crippen LogP contribution in [0.3, 0.4) is 0 Å². The number of ether oxygens (including phenoxy) is 1. The number of aromatic nitrogens is 1. The van der Waals surface area contributed by atoms with Crippen molar-refractivity contribution in [2.24, 2.45) is 0 Å². The molecule has 0 fully saturated rings. The van der Waals surface area contributed by atoms with Crippen LogP contribution in [0, 0.1) is 11.3 Å². The Kier molecular flexibility index (Phi) is 3.52. The van der Waals surface area contributed by atoms with E-state index >= 15 is 0 Å². The van der Waals surface area contributed by atoms with Gasteiger partial charge in [0.15, 0.2) is 11.4 Å². The van der Waals surface area contributed by atoms with Crippen LogP contribution in [0.2, 0.25) is 0 Å². The van der Waals surface area contributed by atoms with Gasteiger partial charge in [-0.1, -0.05) is 6.08 Å².